The first-order chi connectivity index (χ1) is 15.2. The van der Waals surface area contributed by atoms with Crippen molar-refractivity contribution in [1.29, 1.82) is 0 Å². The molecule has 1 fully saturated rings. The zero-order valence-electron chi connectivity index (χ0n) is 17.3. The van der Waals surface area contributed by atoms with Crippen LogP contribution in [0.1, 0.15) is 39.9 Å². The van der Waals surface area contributed by atoms with Gasteiger partial charge in [-0.25, -0.2) is 0 Å². The monoisotopic (exact) mass is 414 g/mol. The molecule has 1 saturated heterocycles. The van der Waals surface area contributed by atoms with Gasteiger partial charge in [-0.3, -0.25) is 9.59 Å². The minimum absolute atomic E-state index is 0.0432. The summed E-state index contributed by atoms with van der Waals surface area (Å²) in [7, 11) is 0. The predicted molar refractivity (Wildman–Crippen MR) is 124 cm³/mol. The SMILES string of the molecule is O=C(NCC1CCNCC1)c1ccc2c(c1)C=C(c1cc3ccccc3[nH]c1=O)NC2. The van der Waals surface area contributed by atoms with Gasteiger partial charge in [0.05, 0.1) is 5.56 Å². The second-order valence-corrected chi connectivity index (χ2v) is 8.33. The van der Waals surface area contributed by atoms with Crippen LogP contribution in [-0.4, -0.2) is 30.5 Å². The van der Waals surface area contributed by atoms with Gasteiger partial charge in [-0.1, -0.05) is 24.3 Å². The highest BCUT2D eigenvalue weighted by Crippen LogP contribution is 2.24. The van der Waals surface area contributed by atoms with Crippen molar-refractivity contribution in [3.8, 4) is 0 Å². The van der Waals surface area contributed by atoms with Crippen molar-refractivity contribution in [3.05, 3.63) is 81.1 Å². The number of carbonyl (C=O) groups excluding carboxylic acids is 1. The predicted octanol–water partition coefficient (Wildman–Crippen LogP) is 2.86. The van der Waals surface area contributed by atoms with Crippen LogP contribution in [0.2, 0.25) is 0 Å². The lowest BCUT2D eigenvalue weighted by atomic mass is 9.96. The molecule has 6 nitrogen and oxygen atoms in total. The van der Waals surface area contributed by atoms with Crippen molar-refractivity contribution in [2.24, 2.45) is 5.92 Å². The Morgan fingerprint density at radius 2 is 1.90 bits per heavy atom. The minimum atomic E-state index is -0.128. The minimum Gasteiger partial charge on any atom is -0.380 e. The van der Waals surface area contributed by atoms with Crippen molar-refractivity contribution >= 4 is 28.6 Å². The quantitative estimate of drug-likeness (QED) is 0.529. The van der Waals surface area contributed by atoms with Crippen LogP contribution < -0.4 is 21.5 Å². The first kappa shape index (κ1) is 19.6. The van der Waals surface area contributed by atoms with Crippen molar-refractivity contribution in [1.82, 2.24) is 20.9 Å². The average molecular weight is 415 g/mol. The maximum Gasteiger partial charge on any atom is 0.257 e. The summed E-state index contributed by atoms with van der Waals surface area (Å²) in [6, 6.07) is 15.4. The topological polar surface area (TPSA) is 86.0 Å². The molecule has 4 N–H and O–H groups in total. The Morgan fingerprint density at radius 1 is 1.06 bits per heavy atom. The molecule has 6 heteroatoms. The van der Waals surface area contributed by atoms with E-state index in [2.05, 4.69) is 20.9 Å². The zero-order chi connectivity index (χ0) is 21.2. The fraction of sp³-hybridized carbons (Fsp3) is 0.280. The lowest BCUT2D eigenvalue weighted by Crippen LogP contribution is -2.36. The van der Waals surface area contributed by atoms with Gasteiger partial charge >= 0.3 is 0 Å². The van der Waals surface area contributed by atoms with Gasteiger partial charge < -0.3 is 20.9 Å². The molecule has 1 amide bonds. The normalized spacial score (nSPS) is 16.3. The fourth-order valence-electron chi connectivity index (χ4n) is 4.37. The third-order valence-electron chi connectivity index (χ3n) is 6.23. The number of hydrogen-bond donors (Lipinski definition) is 4. The van der Waals surface area contributed by atoms with Crippen LogP contribution in [0.5, 0.6) is 0 Å². The molecule has 31 heavy (non-hydrogen) atoms. The summed E-state index contributed by atoms with van der Waals surface area (Å²) in [6.45, 7) is 3.37. The Hall–Kier alpha value is -3.38. The van der Waals surface area contributed by atoms with Gasteiger partial charge in [0.15, 0.2) is 0 Å². The molecular formula is C25H26N4O2. The molecule has 3 aromatic rings. The first-order valence-corrected chi connectivity index (χ1v) is 10.9. The van der Waals surface area contributed by atoms with Crippen LogP contribution in [0.3, 0.4) is 0 Å². The number of hydrogen-bond acceptors (Lipinski definition) is 4. The van der Waals surface area contributed by atoms with Crippen molar-refractivity contribution in [3.63, 3.8) is 0 Å². The molecule has 2 aliphatic heterocycles. The second-order valence-electron chi connectivity index (χ2n) is 8.33. The third kappa shape index (κ3) is 4.11. The summed E-state index contributed by atoms with van der Waals surface area (Å²) < 4.78 is 0. The highest BCUT2D eigenvalue weighted by Gasteiger charge is 2.18. The van der Waals surface area contributed by atoms with E-state index in [9.17, 15) is 9.59 Å². The molecule has 158 valence electrons. The standard InChI is InChI=1S/C25H26N4O2/c30-24(28-14-16-7-9-26-10-8-16)18-5-6-19-15-27-23(13-20(19)11-18)21-12-17-3-1-2-4-22(17)29-25(21)31/h1-6,11-13,16,26-27H,7-10,14-15H2,(H,28,30)(H,29,31). The average Bonchev–Trinajstić information content (AvgIpc) is 2.82. The summed E-state index contributed by atoms with van der Waals surface area (Å²) in [4.78, 5) is 28.3. The number of aromatic amines is 1. The van der Waals surface area contributed by atoms with E-state index in [0.29, 0.717) is 30.1 Å². The van der Waals surface area contributed by atoms with E-state index in [1.165, 1.54) is 0 Å². The number of amides is 1. The Balaban J connectivity index is 1.39. The smallest absolute Gasteiger partial charge is 0.257 e. The number of piperidine rings is 1. The van der Waals surface area contributed by atoms with Crippen molar-refractivity contribution in [2.75, 3.05) is 19.6 Å². The zero-order valence-corrected chi connectivity index (χ0v) is 17.3. The molecule has 1 aromatic heterocycles. The van der Waals surface area contributed by atoms with E-state index >= 15 is 0 Å². The fourth-order valence-corrected chi connectivity index (χ4v) is 4.37. The lowest BCUT2D eigenvalue weighted by Gasteiger charge is -2.23. The third-order valence-corrected chi connectivity index (χ3v) is 6.23. The molecule has 0 atom stereocenters. The molecule has 0 saturated carbocycles. The summed E-state index contributed by atoms with van der Waals surface area (Å²) in [5.74, 6) is 0.497. The molecule has 0 unspecified atom stereocenters. The Labute approximate surface area is 180 Å². The molecule has 0 radical (unpaired) electrons. The van der Waals surface area contributed by atoms with E-state index in [1.54, 1.807) is 0 Å². The van der Waals surface area contributed by atoms with Crippen LogP contribution in [0.4, 0.5) is 0 Å². The number of aromatic nitrogens is 1. The maximum atomic E-state index is 12.7. The Bertz CT molecular complexity index is 1220. The van der Waals surface area contributed by atoms with Gasteiger partial charge in [-0.05, 0) is 78.7 Å². The van der Waals surface area contributed by atoms with Crippen LogP contribution in [0.25, 0.3) is 22.7 Å². The molecule has 5 rings (SSSR count). The number of nitrogens with one attached hydrogen (secondary N) is 4. The lowest BCUT2D eigenvalue weighted by molar-refractivity contribution is 0.0944. The van der Waals surface area contributed by atoms with E-state index < -0.39 is 0 Å². The van der Waals surface area contributed by atoms with Gasteiger partial charge in [0, 0.05) is 29.9 Å². The first-order valence-electron chi connectivity index (χ1n) is 10.9. The van der Waals surface area contributed by atoms with Gasteiger partial charge in [-0.2, -0.15) is 0 Å². The van der Waals surface area contributed by atoms with Gasteiger partial charge in [-0.15, -0.1) is 0 Å². The number of fused-ring (bicyclic) bond motifs is 2. The summed E-state index contributed by atoms with van der Waals surface area (Å²) in [6.07, 6.45) is 4.16. The number of benzene rings is 2. The highest BCUT2D eigenvalue weighted by molar-refractivity contribution is 5.96. The van der Waals surface area contributed by atoms with Gasteiger partial charge in [0.25, 0.3) is 11.5 Å². The number of H-pyrrole nitrogens is 1. The molecular weight excluding hydrogens is 388 g/mol. The van der Waals surface area contributed by atoms with Gasteiger partial charge in [0.2, 0.25) is 0 Å². The van der Waals surface area contributed by atoms with E-state index in [-0.39, 0.29) is 11.5 Å². The van der Waals surface area contributed by atoms with Gasteiger partial charge in [0.1, 0.15) is 0 Å². The van der Waals surface area contributed by atoms with Crippen LogP contribution >= 0.6 is 0 Å². The van der Waals surface area contributed by atoms with Crippen LogP contribution in [0, 0.1) is 5.92 Å². The summed E-state index contributed by atoms with van der Waals surface area (Å²) in [5, 5.41) is 10.8. The summed E-state index contributed by atoms with van der Waals surface area (Å²) >= 11 is 0. The molecule has 2 aromatic carbocycles. The van der Waals surface area contributed by atoms with Crippen molar-refractivity contribution in [2.45, 2.75) is 19.4 Å². The van der Waals surface area contributed by atoms with Crippen LogP contribution in [0.15, 0.2) is 53.3 Å². The Morgan fingerprint density at radius 3 is 2.77 bits per heavy atom. The second kappa shape index (κ2) is 8.40. The number of rotatable bonds is 4. The number of pyridine rings is 1. The summed E-state index contributed by atoms with van der Waals surface area (Å²) in [5.41, 5.74) is 4.79. The van der Waals surface area contributed by atoms with E-state index in [1.807, 2.05) is 54.6 Å². The number of para-hydroxylation sites is 1. The number of carbonyl (C=O) groups is 1. The Kier molecular flexibility index (Phi) is 5.30. The highest BCUT2D eigenvalue weighted by atomic mass is 16.1. The van der Waals surface area contributed by atoms with E-state index in [0.717, 1.165) is 53.7 Å². The maximum absolute atomic E-state index is 12.7. The van der Waals surface area contributed by atoms with Crippen LogP contribution in [-0.2, 0) is 6.54 Å². The molecule has 0 bridgehead atoms. The molecule has 2 aliphatic rings. The van der Waals surface area contributed by atoms with E-state index in [4.69, 9.17) is 0 Å². The molecule has 0 aliphatic carbocycles. The van der Waals surface area contributed by atoms with Crippen molar-refractivity contribution < 1.29 is 4.79 Å². The molecule has 3 heterocycles. The molecule has 0 spiro atoms. The largest absolute Gasteiger partial charge is 0.380 e.